The van der Waals surface area contributed by atoms with Gasteiger partial charge in [-0.15, -0.1) is 0 Å². The lowest BCUT2D eigenvalue weighted by atomic mass is 10.0. The van der Waals surface area contributed by atoms with Crippen LogP contribution in [0.25, 0.3) is 0 Å². The summed E-state index contributed by atoms with van der Waals surface area (Å²) in [5, 5.41) is 11.8. The lowest BCUT2D eigenvalue weighted by Gasteiger charge is -2.26. The van der Waals surface area contributed by atoms with E-state index in [0.717, 1.165) is 141 Å². The Hall–Kier alpha value is -5.35. The molecule has 0 amide bonds. The highest BCUT2D eigenvalue weighted by Gasteiger charge is 2.22. The summed E-state index contributed by atoms with van der Waals surface area (Å²) in [6.45, 7) is 4.47. The first-order valence-electron chi connectivity index (χ1n) is 33.3. The van der Waals surface area contributed by atoms with E-state index in [0.29, 0.717) is 17.4 Å². The Morgan fingerprint density at radius 2 is 0.635 bits per heavy atom. The summed E-state index contributed by atoms with van der Waals surface area (Å²) >= 11 is 0. The number of ether oxygens (including phenoxy) is 4. The molecule has 478 valence electrons. The molecule has 2 atom stereocenters. The van der Waals surface area contributed by atoms with Crippen LogP contribution >= 0.6 is 0 Å². The Bertz CT molecular complexity index is 2000. The summed E-state index contributed by atoms with van der Waals surface area (Å²) in [4.78, 5) is 37.4. The number of quaternary nitrogens is 1. The molecular formula is C76H121NO8. The average molecular weight is 1180 g/mol. The van der Waals surface area contributed by atoms with E-state index in [2.05, 4.69) is 184 Å². The molecule has 0 bridgehead atoms. The van der Waals surface area contributed by atoms with Gasteiger partial charge in [0, 0.05) is 12.8 Å². The zero-order chi connectivity index (χ0) is 61.9. The Morgan fingerprint density at radius 1 is 0.353 bits per heavy atom. The molecular weight excluding hydrogens is 1050 g/mol. The quantitative estimate of drug-likeness (QED) is 0.0195. The molecule has 0 radical (unpaired) electrons. The third kappa shape index (κ3) is 66.0. The number of esters is 2. The van der Waals surface area contributed by atoms with Crippen LogP contribution in [0.5, 0.6) is 0 Å². The number of hydrogen-bond donors (Lipinski definition) is 0. The number of carboxylic acid groups (broad SMARTS) is 1. The third-order valence-electron chi connectivity index (χ3n) is 13.5. The topological polar surface area (TPSA) is 111 Å². The van der Waals surface area contributed by atoms with Gasteiger partial charge in [-0.1, -0.05) is 261 Å². The van der Waals surface area contributed by atoms with Crippen molar-refractivity contribution in [2.75, 3.05) is 47.5 Å². The zero-order valence-corrected chi connectivity index (χ0v) is 54.4. The van der Waals surface area contributed by atoms with E-state index in [-0.39, 0.29) is 38.6 Å². The molecule has 0 aromatic rings. The molecule has 0 aliphatic rings. The van der Waals surface area contributed by atoms with E-state index in [4.69, 9.17) is 18.9 Å². The predicted molar refractivity (Wildman–Crippen MR) is 361 cm³/mol. The van der Waals surface area contributed by atoms with Crippen molar-refractivity contribution in [3.8, 4) is 0 Å². The van der Waals surface area contributed by atoms with E-state index < -0.39 is 24.3 Å². The van der Waals surface area contributed by atoms with Crippen LogP contribution in [0.3, 0.4) is 0 Å². The van der Waals surface area contributed by atoms with Crippen molar-refractivity contribution >= 4 is 17.9 Å². The molecule has 0 aliphatic heterocycles. The monoisotopic (exact) mass is 1180 g/mol. The van der Waals surface area contributed by atoms with Crippen molar-refractivity contribution in [2.24, 2.45) is 0 Å². The molecule has 0 aromatic heterocycles. The number of allylic oxidation sites excluding steroid dienone is 28. The molecule has 0 rings (SSSR count). The Kier molecular flexibility index (Phi) is 60.6. The number of carboxylic acids is 1. The summed E-state index contributed by atoms with van der Waals surface area (Å²) in [7, 11) is 5.90. The maximum atomic E-state index is 12.9. The molecule has 9 nitrogen and oxygen atoms in total. The fourth-order valence-corrected chi connectivity index (χ4v) is 8.44. The fourth-order valence-electron chi connectivity index (χ4n) is 8.44. The smallest absolute Gasteiger partial charge is 0.306 e. The van der Waals surface area contributed by atoms with Gasteiger partial charge < -0.3 is 33.3 Å². The van der Waals surface area contributed by atoms with Gasteiger partial charge in [-0.25, -0.2) is 0 Å². The van der Waals surface area contributed by atoms with E-state index in [1.807, 2.05) is 21.1 Å². The van der Waals surface area contributed by atoms with E-state index in [1.54, 1.807) is 0 Å². The number of hydrogen-bond acceptors (Lipinski definition) is 8. The molecule has 0 aromatic carbocycles. The second-order valence-corrected chi connectivity index (χ2v) is 22.6. The maximum absolute atomic E-state index is 12.9. The standard InChI is InChI=1S/C76H121NO8/c1-6-8-10-12-14-16-18-20-22-24-26-28-30-32-33-34-35-36-37-38-39-40-41-43-45-47-49-51-53-55-57-59-61-63-65-67-74(79)85-72(71-84-76(75(80)81)82-69-68-77(3,4)5)70-83-73(78)66-64-62-60-58-56-54-52-50-48-46-44-42-31-29-27-25-23-21-19-17-15-13-11-9-7-2/h8-11,14-17,20-23,26-29,32-33,35-36,38-39,41,43,47,49,53,55,72,76H,6-7,12-13,18-19,24-25,30-31,34,37,40,42,44-46,48,50-52,54,56-71H2,1-5H3/b10-8-,11-9-,16-14-,17-15-,22-20-,23-21-,28-26-,29-27-,33-32-,36-35-,39-38-,43-41-,49-47-,55-53-. The summed E-state index contributed by atoms with van der Waals surface area (Å²) in [6.07, 6.45) is 94.1. The van der Waals surface area contributed by atoms with Crippen LogP contribution in [-0.2, 0) is 33.3 Å². The highest BCUT2D eigenvalue weighted by Crippen LogP contribution is 2.15. The predicted octanol–water partition coefficient (Wildman–Crippen LogP) is 19.3. The average Bonchev–Trinajstić information content (AvgIpc) is 3.48. The van der Waals surface area contributed by atoms with E-state index >= 15 is 0 Å². The maximum Gasteiger partial charge on any atom is 0.306 e. The summed E-state index contributed by atoms with van der Waals surface area (Å²) in [5.74, 6) is -2.34. The minimum absolute atomic E-state index is 0.133. The third-order valence-corrected chi connectivity index (χ3v) is 13.5. The summed E-state index contributed by atoms with van der Waals surface area (Å²) in [6, 6.07) is 0. The largest absolute Gasteiger partial charge is 0.545 e. The van der Waals surface area contributed by atoms with Crippen LogP contribution in [0, 0.1) is 0 Å². The molecule has 0 saturated carbocycles. The summed E-state index contributed by atoms with van der Waals surface area (Å²) < 4.78 is 22.7. The Balaban J connectivity index is 4.28. The van der Waals surface area contributed by atoms with Gasteiger partial charge in [-0.05, 0) is 128 Å². The van der Waals surface area contributed by atoms with Crippen molar-refractivity contribution < 1.29 is 42.9 Å². The minimum Gasteiger partial charge on any atom is -0.545 e. The van der Waals surface area contributed by atoms with Gasteiger partial charge in [0.05, 0.1) is 40.3 Å². The number of carbonyl (C=O) groups is 3. The number of aliphatic carboxylic acids is 1. The normalized spacial score (nSPS) is 13.8. The van der Waals surface area contributed by atoms with Crippen LogP contribution in [-0.4, -0.2) is 82.3 Å². The number of carbonyl (C=O) groups excluding carboxylic acids is 3. The highest BCUT2D eigenvalue weighted by atomic mass is 16.7. The lowest BCUT2D eigenvalue weighted by molar-refractivity contribution is -0.870. The van der Waals surface area contributed by atoms with Gasteiger partial charge in [-0.2, -0.15) is 0 Å². The van der Waals surface area contributed by atoms with Crippen molar-refractivity contribution in [3.05, 3.63) is 170 Å². The molecule has 9 heteroatoms. The zero-order valence-electron chi connectivity index (χ0n) is 54.4. The van der Waals surface area contributed by atoms with Crippen molar-refractivity contribution in [1.82, 2.24) is 0 Å². The van der Waals surface area contributed by atoms with Crippen LogP contribution < -0.4 is 5.11 Å². The molecule has 0 fully saturated rings. The molecule has 0 saturated heterocycles. The van der Waals surface area contributed by atoms with Gasteiger partial charge in [0.25, 0.3) is 0 Å². The molecule has 2 unspecified atom stereocenters. The lowest BCUT2D eigenvalue weighted by Crippen LogP contribution is -2.44. The van der Waals surface area contributed by atoms with Crippen LogP contribution in [0.4, 0.5) is 0 Å². The number of unbranched alkanes of at least 4 members (excludes halogenated alkanes) is 16. The molecule has 0 spiro atoms. The highest BCUT2D eigenvalue weighted by molar-refractivity contribution is 5.70. The van der Waals surface area contributed by atoms with Crippen LogP contribution in [0.15, 0.2) is 170 Å². The van der Waals surface area contributed by atoms with Crippen molar-refractivity contribution in [1.29, 1.82) is 0 Å². The van der Waals surface area contributed by atoms with Crippen molar-refractivity contribution in [2.45, 2.75) is 245 Å². The second-order valence-electron chi connectivity index (χ2n) is 22.6. The first-order valence-corrected chi connectivity index (χ1v) is 33.3. The van der Waals surface area contributed by atoms with Gasteiger partial charge >= 0.3 is 11.9 Å². The molecule has 0 aliphatic carbocycles. The first kappa shape index (κ1) is 79.7. The van der Waals surface area contributed by atoms with Crippen LogP contribution in [0.2, 0.25) is 0 Å². The van der Waals surface area contributed by atoms with Gasteiger partial charge in [0.15, 0.2) is 12.4 Å². The Morgan fingerprint density at radius 3 is 0.941 bits per heavy atom. The van der Waals surface area contributed by atoms with Gasteiger partial charge in [0.2, 0.25) is 0 Å². The summed E-state index contributed by atoms with van der Waals surface area (Å²) in [5.41, 5.74) is 0. The molecule has 0 N–H and O–H groups in total. The second kappa shape index (κ2) is 64.6. The molecule has 85 heavy (non-hydrogen) atoms. The van der Waals surface area contributed by atoms with E-state index in [9.17, 15) is 19.5 Å². The van der Waals surface area contributed by atoms with Gasteiger partial charge in [0.1, 0.15) is 13.2 Å². The van der Waals surface area contributed by atoms with Crippen molar-refractivity contribution in [3.63, 3.8) is 0 Å². The number of likely N-dealkylation sites (N-methyl/N-ethyl adjacent to an activating group) is 1. The van der Waals surface area contributed by atoms with E-state index in [1.165, 1.54) is 57.8 Å². The SMILES string of the molecule is CC/C=C\C/C=C\C/C=C\C/C=C\C/C=C\C/C=C\C/C=C\C/C=C\C/C=C\C/C=C\CCCCCCC(=O)OC(COC(=O)CCCCCCCCCCCCCC/C=C\C/C=C\C/C=C\C/C=C\CC)COC(OCC[N+](C)(C)C)C(=O)[O-]. The first-order chi connectivity index (χ1) is 41.6. The van der Waals surface area contributed by atoms with Crippen LogP contribution in [0.1, 0.15) is 232 Å². The fraction of sp³-hybridized carbons (Fsp3) is 0.592. The number of nitrogens with zero attached hydrogens (tertiary/aromatic N) is 1. The minimum atomic E-state index is -1.64. The van der Waals surface area contributed by atoms with Gasteiger partial charge in [-0.3, -0.25) is 9.59 Å². The molecule has 0 heterocycles. The number of rotatable bonds is 59. The Labute approximate surface area is 520 Å².